The van der Waals surface area contributed by atoms with Gasteiger partial charge in [-0.05, 0) is 30.2 Å². The predicted molar refractivity (Wildman–Crippen MR) is 74.1 cm³/mol. The van der Waals surface area contributed by atoms with Crippen LogP contribution in [0.4, 0.5) is 18.9 Å². The van der Waals surface area contributed by atoms with Gasteiger partial charge in [-0.15, -0.1) is 0 Å². The molecule has 3 atom stereocenters. The number of nitrogens with one attached hydrogen (secondary N) is 1. The molecule has 122 valence electrons. The van der Waals surface area contributed by atoms with Crippen molar-refractivity contribution in [3.8, 4) is 0 Å². The minimum Gasteiger partial charge on any atom is -0.481 e. The van der Waals surface area contributed by atoms with Crippen LogP contribution in [0.3, 0.4) is 0 Å². The van der Waals surface area contributed by atoms with Crippen molar-refractivity contribution in [1.82, 2.24) is 0 Å². The standard InChI is InChI=1S/C13H15F3N2O3S/c1-8-6-18(7-11(8)12(19)20)9-2-4-10(5-3-9)22(17,21)13(14,15)16/h2-5,8,11,17H,6-7H2,1H3,(H,19,20)/t8-,11-,22?/m1/s1. The summed E-state index contributed by atoms with van der Waals surface area (Å²) in [6.45, 7) is 2.55. The fourth-order valence-electron chi connectivity index (χ4n) is 2.48. The van der Waals surface area contributed by atoms with Gasteiger partial charge in [-0.1, -0.05) is 6.92 Å². The summed E-state index contributed by atoms with van der Waals surface area (Å²) in [6, 6.07) is 4.70. The zero-order chi connectivity index (χ0) is 16.7. The Hall–Kier alpha value is -1.77. The Morgan fingerprint density at radius 3 is 2.27 bits per heavy atom. The lowest BCUT2D eigenvalue weighted by molar-refractivity contribution is -0.142. The van der Waals surface area contributed by atoms with Crippen LogP contribution in [0.1, 0.15) is 6.92 Å². The zero-order valence-corrected chi connectivity index (χ0v) is 12.4. The second kappa shape index (κ2) is 5.45. The monoisotopic (exact) mass is 336 g/mol. The molecule has 0 saturated carbocycles. The molecule has 2 N–H and O–H groups in total. The lowest BCUT2D eigenvalue weighted by Crippen LogP contribution is -2.23. The summed E-state index contributed by atoms with van der Waals surface area (Å²) in [7, 11) is -4.86. The molecule has 1 saturated heterocycles. The van der Waals surface area contributed by atoms with Gasteiger partial charge in [-0.2, -0.15) is 13.2 Å². The molecule has 0 aliphatic carbocycles. The van der Waals surface area contributed by atoms with Gasteiger partial charge in [-0.25, -0.2) is 8.99 Å². The van der Waals surface area contributed by atoms with Gasteiger partial charge in [0.2, 0.25) is 0 Å². The number of aliphatic carboxylic acids is 1. The van der Waals surface area contributed by atoms with Gasteiger partial charge in [0.25, 0.3) is 0 Å². The van der Waals surface area contributed by atoms with Crippen LogP contribution in [0, 0.1) is 16.6 Å². The summed E-state index contributed by atoms with van der Waals surface area (Å²) in [5.74, 6) is -1.51. The molecular formula is C13H15F3N2O3S. The van der Waals surface area contributed by atoms with Crippen molar-refractivity contribution in [2.45, 2.75) is 17.3 Å². The van der Waals surface area contributed by atoms with E-state index >= 15 is 0 Å². The summed E-state index contributed by atoms with van der Waals surface area (Å²) >= 11 is 0. The highest BCUT2D eigenvalue weighted by atomic mass is 32.2. The predicted octanol–water partition coefficient (Wildman–Crippen LogP) is 2.77. The first-order valence-corrected chi connectivity index (χ1v) is 8.03. The lowest BCUT2D eigenvalue weighted by Gasteiger charge is -2.19. The van der Waals surface area contributed by atoms with Crippen molar-refractivity contribution in [2.75, 3.05) is 18.0 Å². The third kappa shape index (κ3) is 2.90. The molecule has 0 amide bonds. The van der Waals surface area contributed by atoms with Crippen LogP contribution in [0.5, 0.6) is 0 Å². The van der Waals surface area contributed by atoms with Crippen molar-refractivity contribution in [2.24, 2.45) is 11.8 Å². The molecule has 1 aliphatic rings. The van der Waals surface area contributed by atoms with E-state index in [1.807, 2.05) is 0 Å². The van der Waals surface area contributed by atoms with Crippen LogP contribution in [0.2, 0.25) is 0 Å². The molecule has 0 bridgehead atoms. The van der Waals surface area contributed by atoms with Gasteiger partial charge in [0.05, 0.1) is 10.8 Å². The first kappa shape index (κ1) is 16.6. The van der Waals surface area contributed by atoms with Crippen LogP contribution >= 0.6 is 0 Å². The maximum Gasteiger partial charge on any atom is 0.483 e. The Labute approximate surface area is 125 Å². The van der Waals surface area contributed by atoms with Gasteiger partial charge in [-0.3, -0.25) is 4.79 Å². The van der Waals surface area contributed by atoms with E-state index < -0.39 is 32.0 Å². The van der Waals surface area contributed by atoms with E-state index in [9.17, 15) is 22.2 Å². The third-order valence-electron chi connectivity index (χ3n) is 3.79. The van der Waals surface area contributed by atoms with Crippen molar-refractivity contribution < 1.29 is 27.3 Å². The summed E-state index contributed by atoms with van der Waals surface area (Å²) in [6.07, 6.45) is 0. The van der Waals surface area contributed by atoms with E-state index in [0.717, 1.165) is 12.1 Å². The number of benzene rings is 1. The highest BCUT2D eigenvalue weighted by molar-refractivity contribution is 7.93. The fraction of sp³-hybridized carbons (Fsp3) is 0.462. The van der Waals surface area contributed by atoms with E-state index in [-0.39, 0.29) is 12.5 Å². The zero-order valence-electron chi connectivity index (χ0n) is 11.6. The van der Waals surface area contributed by atoms with E-state index in [4.69, 9.17) is 9.89 Å². The number of anilines is 1. The largest absolute Gasteiger partial charge is 0.483 e. The summed E-state index contributed by atoms with van der Waals surface area (Å²) in [5, 5.41) is 9.07. The van der Waals surface area contributed by atoms with E-state index in [0.29, 0.717) is 12.2 Å². The van der Waals surface area contributed by atoms with E-state index in [2.05, 4.69) is 0 Å². The summed E-state index contributed by atoms with van der Waals surface area (Å²) in [4.78, 5) is 12.2. The van der Waals surface area contributed by atoms with Crippen LogP contribution in [-0.4, -0.2) is 33.9 Å². The lowest BCUT2D eigenvalue weighted by atomic mass is 9.99. The Morgan fingerprint density at radius 2 is 1.86 bits per heavy atom. The maximum atomic E-state index is 12.6. The first-order valence-electron chi connectivity index (χ1n) is 6.47. The molecule has 9 heteroatoms. The molecule has 1 aliphatic heterocycles. The number of hydrogen-bond acceptors (Lipinski definition) is 4. The summed E-state index contributed by atoms with van der Waals surface area (Å²) < 4.78 is 56.2. The van der Waals surface area contributed by atoms with Gasteiger partial charge in [0.15, 0.2) is 9.73 Å². The van der Waals surface area contributed by atoms with Crippen LogP contribution < -0.4 is 4.90 Å². The second-order valence-corrected chi connectivity index (χ2v) is 7.37. The molecule has 1 aromatic carbocycles. The average molecular weight is 336 g/mol. The number of hydrogen-bond donors (Lipinski definition) is 2. The minimum absolute atomic E-state index is 0.0762. The molecule has 0 radical (unpaired) electrons. The molecule has 1 unspecified atom stereocenters. The number of alkyl halides is 3. The number of rotatable bonds is 3. The molecule has 0 aromatic heterocycles. The van der Waals surface area contributed by atoms with Crippen molar-refractivity contribution in [3.63, 3.8) is 0 Å². The van der Waals surface area contributed by atoms with Gasteiger partial charge in [0, 0.05) is 18.8 Å². The molecular weight excluding hydrogens is 321 g/mol. The summed E-state index contributed by atoms with van der Waals surface area (Å²) in [5.41, 5.74) is -4.57. The quantitative estimate of drug-likeness (QED) is 0.889. The smallest absolute Gasteiger partial charge is 0.481 e. The molecule has 1 fully saturated rings. The van der Waals surface area contributed by atoms with Crippen molar-refractivity contribution in [3.05, 3.63) is 24.3 Å². The number of nitrogens with zero attached hydrogens (tertiary/aromatic N) is 1. The van der Waals surface area contributed by atoms with Crippen molar-refractivity contribution in [1.29, 1.82) is 4.78 Å². The average Bonchev–Trinajstić information content (AvgIpc) is 2.80. The number of carboxylic acid groups (broad SMARTS) is 1. The number of carbonyl (C=O) groups is 1. The highest BCUT2D eigenvalue weighted by Crippen LogP contribution is 2.33. The molecule has 1 aromatic rings. The van der Waals surface area contributed by atoms with Crippen LogP contribution in [0.15, 0.2) is 29.2 Å². The third-order valence-corrected chi connectivity index (χ3v) is 5.38. The van der Waals surface area contributed by atoms with Gasteiger partial charge in [0.1, 0.15) is 0 Å². The highest BCUT2D eigenvalue weighted by Gasteiger charge is 2.43. The molecule has 22 heavy (non-hydrogen) atoms. The first-order chi connectivity index (χ1) is 10.0. The van der Waals surface area contributed by atoms with Crippen LogP contribution in [-0.2, 0) is 14.5 Å². The topological polar surface area (TPSA) is 81.5 Å². The fourth-order valence-corrected chi connectivity index (χ4v) is 3.27. The van der Waals surface area contributed by atoms with Gasteiger partial charge >= 0.3 is 11.5 Å². The Bertz CT molecular complexity index is 671. The molecule has 2 rings (SSSR count). The van der Waals surface area contributed by atoms with E-state index in [1.54, 1.807) is 11.8 Å². The molecule has 0 spiro atoms. The molecule has 5 nitrogen and oxygen atoms in total. The molecule has 1 heterocycles. The maximum absolute atomic E-state index is 12.6. The Balaban J connectivity index is 2.23. The minimum atomic E-state index is -5.12. The van der Waals surface area contributed by atoms with Gasteiger partial charge < -0.3 is 10.0 Å². The SMILES string of the molecule is C[C@@H]1CN(c2ccc(S(=N)(=O)C(F)(F)F)cc2)C[C@H]1C(=O)O. The van der Waals surface area contributed by atoms with Crippen LogP contribution in [0.25, 0.3) is 0 Å². The van der Waals surface area contributed by atoms with E-state index in [1.165, 1.54) is 12.1 Å². The van der Waals surface area contributed by atoms with Crippen molar-refractivity contribution >= 4 is 21.4 Å². The second-order valence-electron chi connectivity index (χ2n) is 5.32. The Morgan fingerprint density at radius 1 is 1.32 bits per heavy atom. The normalized spacial score (nSPS) is 25.0. The number of carboxylic acids is 1. The number of halogens is 3. The Kier molecular flexibility index (Phi) is 4.12.